The van der Waals surface area contributed by atoms with Crippen LogP contribution in [0.1, 0.15) is 36.5 Å². The van der Waals surface area contributed by atoms with Crippen LogP contribution in [0.2, 0.25) is 5.02 Å². The molecule has 7 nitrogen and oxygen atoms in total. The zero-order chi connectivity index (χ0) is 22.6. The third-order valence-corrected chi connectivity index (χ3v) is 6.46. The number of imidazole rings is 1. The summed E-state index contributed by atoms with van der Waals surface area (Å²) in [5, 5.41) is 0.372. The van der Waals surface area contributed by atoms with E-state index in [9.17, 15) is 4.39 Å². The Labute approximate surface area is 197 Å². The number of hydrogen-bond acceptors (Lipinski definition) is 6. The van der Waals surface area contributed by atoms with Crippen molar-refractivity contribution in [3.63, 3.8) is 0 Å². The molecule has 0 unspecified atom stereocenters. The summed E-state index contributed by atoms with van der Waals surface area (Å²) in [6.07, 6.45) is 9.23. The third kappa shape index (κ3) is 5.69. The largest absolute Gasteiger partial charge is 0.474 e. The fraction of sp³-hybridized carbons (Fsp3) is 0.458. The van der Waals surface area contributed by atoms with Gasteiger partial charge in [0.15, 0.2) is 0 Å². The summed E-state index contributed by atoms with van der Waals surface area (Å²) < 4.78 is 28.0. The minimum absolute atomic E-state index is 0.0967. The number of halogens is 2. The number of likely N-dealkylation sites (tertiary alicyclic amines) is 1. The van der Waals surface area contributed by atoms with Gasteiger partial charge in [-0.15, -0.1) is 0 Å². The predicted molar refractivity (Wildman–Crippen MR) is 122 cm³/mol. The molecule has 2 aliphatic rings. The second-order valence-electron chi connectivity index (χ2n) is 8.59. The smallest absolute Gasteiger partial charge is 0.216 e. The van der Waals surface area contributed by atoms with Crippen molar-refractivity contribution in [3.8, 4) is 5.88 Å². The van der Waals surface area contributed by atoms with E-state index in [0.717, 1.165) is 57.9 Å². The van der Waals surface area contributed by atoms with Gasteiger partial charge < -0.3 is 14.0 Å². The molecule has 174 valence electrons. The first-order valence-corrected chi connectivity index (χ1v) is 11.8. The lowest BCUT2D eigenvalue weighted by atomic mass is 10.1. The van der Waals surface area contributed by atoms with E-state index in [4.69, 9.17) is 21.1 Å². The molecule has 0 bridgehead atoms. The molecule has 0 amide bonds. The minimum Gasteiger partial charge on any atom is -0.474 e. The average Bonchev–Trinajstić information content (AvgIpc) is 3.21. The lowest BCUT2D eigenvalue weighted by molar-refractivity contribution is -0.0598. The molecule has 2 aliphatic heterocycles. The van der Waals surface area contributed by atoms with E-state index in [1.807, 2.05) is 12.4 Å². The number of rotatable bonds is 8. The van der Waals surface area contributed by atoms with Gasteiger partial charge >= 0.3 is 0 Å². The topological polar surface area (TPSA) is 65.3 Å². The normalized spacial score (nSPS) is 19.4. The zero-order valence-electron chi connectivity index (χ0n) is 18.4. The Kier molecular flexibility index (Phi) is 6.85. The highest BCUT2D eigenvalue weighted by Crippen LogP contribution is 2.21. The van der Waals surface area contributed by atoms with Gasteiger partial charge in [0.05, 0.1) is 19.2 Å². The maximum Gasteiger partial charge on any atom is 0.216 e. The van der Waals surface area contributed by atoms with Gasteiger partial charge in [-0.05, 0) is 37.0 Å². The van der Waals surface area contributed by atoms with E-state index >= 15 is 0 Å². The molecule has 0 aliphatic carbocycles. The number of aromatic nitrogens is 4. The van der Waals surface area contributed by atoms with Crippen molar-refractivity contribution in [2.24, 2.45) is 0 Å². The van der Waals surface area contributed by atoms with Crippen LogP contribution >= 0.6 is 11.6 Å². The fourth-order valence-corrected chi connectivity index (χ4v) is 4.39. The van der Waals surface area contributed by atoms with Crippen LogP contribution in [0, 0.1) is 5.82 Å². The van der Waals surface area contributed by atoms with Gasteiger partial charge in [0.25, 0.3) is 0 Å². The molecule has 0 N–H and O–H groups in total. The monoisotopic (exact) mass is 471 g/mol. The van der Waals surface area contributed by atoms with Gasteiger partial charge in [0.2, 0.25) is 5.88 Å². The summed E-state index contributed by atoms with van der Waals surface area (Å²) in [6.45, 7) is 4.45. The van der Waals surface area contributed by atoms with Gasteiger partial charge in [0.1, 0.15) is 23.6 Å². The molecule has 33 heavy (non-hydrogen) atoms. The van der Waals surface area contributed by atoms with E-state index in [2.05, 4.69) is 24.4 Å². The van der Waals surface area contributed by atoms with Crippen LogP contribution in [-0.2, 0) is 24.2 Å². The Morgan fingerprint density at radius 2 is 1.97 bits per heavy atom. The number of piperidine rings is 1. The summed E-state index contributed by atoms with van der Waals surface area (Å²) in [5.41, 5.74) is 0.507. The van der Waals surface area contributed by atoms with E-state index in [0.29, 0.717) is 28.4 Å². The van der Waals surface area contributed by atoms with E-state index in [1.165, 1.54) is 6.07 Å². The number of hydrogen-bond donors (Lipinski definition) is 0. The molecule has 0 radical (unpaired) electrons. The Balaban J connectivity index is 1.12. The zero-order valence-corrected chi connectivity index (χ0v) is 19.1. The van der Waals surface area contributed by atoms with Gasteiger partial charge in [-0.1, -0.05) is 17.7 Å². The molecule has 3 aromatic rings. The highest BCUT2D eigenvalue weighted by Gasteiger charge is 2.24. The van der Waals surface area contributed by atoms with Crippen LogP contribution in [0.25, 0.3) is 0 Å². The molecule has 1 aromatic carbocycles. The highest BCUT2D eigenvalue weighted by atomic mass is 35.5. The summed E-state index contributed by atoms with van der Waals surface area (Å²) in [6, 6.07) is 6.39. The quantitative estimate of drug-likeness (QED) is 0.496. The second kappa shape index (κ2) is 10.2. The Bertz CT molecular complexity index is 1080. The van der Waals surface area contributed by atoms with Crippen molar-refractivity contribution < 1.29 is 13.9 Å². The van der Waals surface area contributed by atoms with Crippen LogP contribution < -0.4 is 4.74 Å². The predicted octanol–water partition coefficient (Wildman–Crippen LogP) is 3.89. The maximum absolute atomic E-state index is 14.1. The van der Waals surface area contributed by atoms with Gasteiger partial charge in [0, 0.05) is 55.8 Å². The second-order valence-corrected chi connectivity index (χ2v) is 9.03. The Hall–Kier alpha value is -2.55. The van der Waals surface area contributed by atoms with Crippen molar-refractivity contribution >= 4 is 11.6 Å². The van der Waals surface area contributed by atoms with Crippen LogP contribution in [0.4, 0.5) is 4.39 Å². The lowest BCUT2D eigenvalue weighted by Gasteiger charge is -2.32. The molecule has 9 heteroatoms. The SMILES string of the molecule is Fc1cc(Cl)ccc1Cc1nccc(OC2CCN(Cc3nccn3C[C@@H]3CCO3)CC2)n1. The molecular formula is C24H27ClFN5O2. The van der Waals surface area contributed by atoms with E-state index in [-0.39, 0.29) is 18.3 Å². The summed E-state index contributed by atoms with van der Waals surface area (Å²) in [5.74, 6) is 1.78. The molecule has 2 aromatic heterocycles. The van der Waals surface area contributed by atoms with Crippen LogP contribution in [0.3, 0.4) is 0 Å². The molecule has 2 fully saturated rings. The molecule has 4 heterocycles. The van der Waals surface area contributed by atoms with Crippen LogP contribution in [-0.4, -0.2) is 56.3 Å². The summed E-state index contributed by atoms with van der Waals surface area (Å²) in [7, 11) is 0. The van der Waals surface area contributed by atoms with Crippen molar-refractivity contribution in [1.29, 1.82) is 0 Å². The average molecular weight is 472 g/mol. The number of ether oxygens (including phenoxy) is 2. The molecule has 0 saturated carbocycles. The van der Waals surface area contributed by atoms with Gasteiger partial charge in [-0.25, -0.2) is 14.4 Å². The van der Waals surface area contributed by atoms with Gasteiger partial charge in [-0.2, -0.15) is 4.98 Å². The van der Waals surface area contributed by atoms with E-state index in [1.54, 1.807) is 24.4 Å². The van der Waals surface area contributed by atoms with Crippen molar-refractivity contribution in [3.05, 3.63) is 70.9 Å². The molecule has 5 rings (SSSR count). The summed E-state index contributed by atoms with van der Waals surface area (Å²) in [4.78, 5) is 15.7. The minimum atomic E-state index is -0.356. The Morgan fingerprint density at radius 3 is 2.73 bits per heavy atom. The number of nitrogens with zero attached hydrogens (tertiary/aromatic N) is 5. The highest BCUT2D eigenvalue weighted by molar-refractivity contribution is 6.30. The first-order chi connectivity index (χ1) is 16.1. The molecule has 1 atom stereocenters. The van der Waals surface area contributed by atoms with Crippen LogP contribution in [0.15, 0.2) is 42.9 Å². The van der Waals surface area contributed by atoms with Crippen LogP contribution in [0.5, 0.6) is 5.88 Å². The number of benzene rings is 1. The summed E-state index contributed by atoms with van der Waals surface area (Å²) >= 11 is 5.83. The van der Waals surface area contributed by atoms with Crippen molar-refractivity contribution in [2.45, 2.75) is 51.0 Å². The lowest BCUT2D eigenvalue weighted by Crippen LogP contribution is -2.39. The third-order valence-electron chi connectivity index (χ3n) is 6.23. The van der Waals surface area contributed by atoms with Crippen molar-refractivity contribution in [2.75, 3.05) is 19.7 Å². The standard InChI is InChI=1S/C24H27ClFN5O2/c25-18-2-1-17(21(26)14-18)13-22-27-7-3-24(29-22)33-19-4-9-30(10-5-19)16-23-28-8-11-31(23)15-20-6-12-32-20/h1-3,7-8,11,14,19-20H,4-6,9-10,12-13,15-16H2/t20-/m0/s1. The first-order valence-electron chi connectivity index (χ1n) is 11.4. The molecule has 2 saturated heterocycles. The maximum atomic E-state index is 14.1. The molecule has 0 spiro atoms. The first kappa shape index (κ1) is 22.3. The van der Waals surface area contributed by atoms with Gasteiger partial charge in [-0.3, -0.25) is 4.90 Å². The Morgan fingerprint density at radius 1 is 1.12 bits per heavy atom. The fourth-order valence-electron chi connectivity index (χ4n) is 4.23. The van der Waals surface area contributed by atoms with E-state index < -0.39 is 0 Å². The molecular weight excluding hydrogens is 445 g/mol. The van der Waals surface area contributed by atoms with Crippen molar-refractivity contribution in [1.82, 2.24) is 24.4 Å².